The van der Waals surface area contributed by atoms with E-state index in [4.69, 9.17) is 4.98 Å². The molecule has 1 heterocycles. The van der Waals surface area contributed by atoms with E-state index in [2.05, 4.69) is 84.9 Å². The number of benzene rings is 2. The van der Waals surface area contributed by atoms with Gasteiger partial charge in [0.15, 0.2) is 5.78 Å². The van der Waals surface area contributed by atoms with Crippen molar-refractivity contribution in [3.05, 3.63) is 76.1 Å². The second-order valence-electron chi connectivity index (χ2n) is 13.4. The predicted molar refractivity (Wildman–Crippen MR) is 158 cm³/mol. The number of pyridine rings is 1. The van der Waals surface area contributed by atoms with Gasteiger partial charge in [0.2, 0.25) is 0 Å². The van der Waals surface area contributed by atoms with Crippen LogP contribution in [-0.4, -0.2) is 15.9 Å². The molecule has 209 valence electrons. The Hall–Kier alpha value is -2.29. The number of rotatable bonds is 2. The molecule has 3 nitrogen and oxygen atoms in total. The fourth-order valence-corrected chi connectivity index (χ4v) is 3.80. The molecule has 1 N–H and O–H groups in total. The molecule has 0 aliphatic heterocycles. The molecule has 3 rings (SSSR count). The minimum atomic E-state index is -0.417. The van der Waals surface area contributed by atoms with Crippen LogP contribution < -0.4 is 0 Å². The molecule has 0 aliphatic carbocycles. The van der Waals surface area contributed by atoms with Crippen LogP contribution in [0.5, 0.6) is 0 Å². The van der Waals surface area contributed by atoms with E-state index in [0.29, 0.717) is 0 Å². The molecule has 0 fully saturated rings. The van der Waals surface area contributed by atoms with Crippen molar-refractivity contribution in [1.29, 1.82) is 0 Å². The van der Waals surface area contributed by atoms with E-state index < -0.39 is 5.41 Å². The Morgan fingerprint density at radius 3 is 1.84 bits per heavy atom. The summed E-state index contributed by atoms with van der Waals surface area (Å²) >= 11 is 0. The number of carbonyl (C=O) groups excluding carboxylic acids is 1. The summed E-state index contributed by atoms with van der Waals surface area (Å²) in [6, 6.07) is 14.6. The number of nitrogens with zero attached hydrogens (tertiary/aromatic N) is 1. The molecule has 0 saturated carbocycles. The average molecular weight is 693 g/mol. The topological polar surface area (TPSA) is 50.2 Å². The molecule has 0 unspecified atom stereocenters. The average Bonchev–Trinajstić information content (AvgIpc) is 2.71. The van der Waals surface area contributed by atoms with Gasteiger partial charge in [0, 0.05) is 37.0 Å². The van der Waals surface area contributed by atoms with Crippen LogP contribution in [0.1, 0.15) is 90.1 Å². The maximum Gasteiger partial charge on any atom is 0.164 e. The molecular formula is C34H46IrNO2-. The minimum Gasteiger partial charge on any atom is -0.512 e. The van der Waals surface area contributed by atoms with Crippen LogP contribution >= 0.6 is 0 Å². The van der Waals surface area contributed by atoms with Gasteiger partial charge in [-0.2, -0.15) is 0 Å². The van der Waals surface area contributed by atoms with Crippen molar-refractivity contribution in [2.24, 2.45) is 10.8 Å². The van der Waals surface area contributed by atoms with Gasteiger partial charge in [0.05, 0.1) is 5.52 Å². The van der Waals surface area contributed by atoms with Gasteiger partial charge in [-0.05, 0) is 53.6 Å². The van der Waals surface area contributed by atoms with E-state index in [-0.39, 0.29) is 42.5 Å². The van der Waals surface area contributed by atoms with E-state index in [0.717, 1.165) is 22.3 Å². The summed E-state index contributed by atoms with van der Waals surface area (Å²) in [7, 11) is 0. The zero-order valence-corrected chi connectivity index (χ0v) is 28.0. The van der Waals surface area contributed by atoms with E-state index in [1.165, 1.54) is 33.7 Å². The van der Waals surface area contributed by atoms with Gasteiger partial charge < -0.3 is 5.11 Å². The molecule has 1 aromatic heterocycles. The summed E-state index contributed by atoms with van der Waals surface area (Å²) in [5.74, 6) is 0.104. The van der Waals surface area contributed by atoms with Crippen LogP contribution in [0.25, 0.3) is 22.2 Å². The van der Waals surface area contributed by atoms with Crippen LogP contribution in [0.3, 0.4) is 0 Å². The number of ketones is 1. The summed E-state index contributed by atoms with van der Waals surface area (Å²) in [6.45, 7) is 26.4. The zero-order valence-electron chi connectivity index (χ0n) is 25.6. The van der Waals surface area contributed by atoms with Gasteiger partial charge in [-0.3, -0.25) is 9.78 Å². The van der Waals surface area contributed by atoms with Gasteiger partial charge in [-0.25, -0.2) is 0 Å². The minimum absolute atomic E-state index is 0. The number of hydrogen-bond donors (Lipinski definition) is 1. The first-order chi connectivity index (χ1) is 16.7. The quantitative estimate of drug-likeness (QED) is 0.166. The van der Waals surface area contributed by atoms with Crippen LogP contribution in [0.15, 0.2) is 42.2 Å². The summed E-state index contributed by atoms with van der Waals surface area (Å²) in [4.78, 5) is 16.6. The normalized spacial score (nSPS) is 12.5. The summed E-state index contributed by atoms with van der Waals surface area (Å²) in [5, 5.41) is 10.8. The summed E-state index contributed by atoms with van der Waals surface area (Å²) < 4.78 is 0. The smallest absolute Gasteiger partial charge is 0.164 e. The Bertz CT molecular complexity index is 1310. The van der Waals surface area contributed by atoms with Crippen molar-refractivity contribution >= 4 is 16.7 Å². The maximum atomic E-state index is 11.5. The van der Waals surface area contributed by atoms with Gasteiger partial charge in [-0.1, -0.05) is 87.8 Å². The molecule has 0 bridgehead atoms. The fraction of sp³-hybridized carbons (Fsp3) is 0.471. The molecule has 0 aliphatic rings. The Morgan fingerprint density at radius 2 is 1.37 bits per heavy atom. The molecule has 38 heavy (non-hydrogen) atoms. The number of aryl methyl sites for hydroxylation is 4. The zero-order chi connectivity index (χ0) is 28.5. The molecular weight excluding hydrogens is 647 g/mol. The number of hydrogen-bond acceptors (Lipinski definition) is 3. The second-order valence-corrected chi connectivity index (χ2v) is 13.4. The van der Waals surface area contributed by atoms with Crippen LogP contribution in [0.2, 0.25) is 0 Å². The monoisotopic (exact) mass is 693 g/mol. The third-order valence-electron chi connectivity index (χ3n) is 6.42. The largest absolute Gasteiger partial charge is 0.512 e. The van der Waals surface area contributed by atoms with Gasteiger partial charge in [0.25, 0.3) is 0 Å². The second kappa shape index (κ2) is 12.3. The van der Waals surface area contributed by atoms with Crippen molar-refractivity contribution in [1.82, 2.24) is 4.98 Å². The first kappa shape index (κ1) is 33.7. The molecule has 0 saturated heterocycles. The first-order valence-corrected chi connectivity index (χ1v) is 13.1. The first-order valence-electron chi connectivity index (χ1n) is 13.1. The van der Waals surface area contributed by atoms with Crippen molar-refractivity contribution in [2.45, 2.75) is 95.4 Å². The number of aliphatic hydroxyl groups excluding tert-OH is 1. The number of aromatic nitrogens is 1. The molecule has 0 spiro atoms. The Balaban J connectivity index is 0.000000444. The van der Waals surface area contributed by atoms with Crippen LogP contribution in [-0.2, 0) is 30.3 Å². The Labute approximate surface area is 244 Å². The van der Waals surface area contributed by atoms with E-state index in [9.17, 15) is 9.90 Å². The Kier molecular flexibility index (Phi) is 10.9. The number of aliphatic hydroxyl groups is 1. The van der Waals surface area contributed by atoms with Gasteiger partial charge in [0.1, 0.15) is 5.76 Å². The van der Waals surface area contributed by atoms with Crippen LogP contribution in [0, 0.1) is 44.6 Å². The molecule has 0 atom stereocenters. The Morgan fingerprint density at radius 1 is 0.816 bits per heavy atom. The van der Waals surface area contributed by atoms with E-state index in [1.807, 2.05) is 41.5 Å². The SMILES string of the molecule is CC(C)(C)C(=O)/C=C(\O)C(C)(C)C.Cc1[c-]c(-c2nc3cc(C)c(C)cc3cc2C(C)(C)C)cc(C)c1.[Ir]. The molecule has 4 heteroatoms. The molecule has 0 amide bonds. The summed E-state index contributed by atoms with van der Waals surface area (Å²) in [5.41, 5.74) is 8.77. The van der Waals surface area contributed by atoms with Crippen molar-refractivity contribution in [3.8, 4) is 11.3 Å². The standard InChI is InChI=1S/C23H26N.C11H20O2.Ir/c1-14-8-15(2)10-19(9-14)22-20(23(5,6)7)13-18-11-16(3)17(4)12-21(18)24-22;1-10(2,3)8(12)7-9(13)11(4,5)6;/h8-9,11-13H,1-7H3;7,12H,1-6H3;/q-1;;/b;8-7-;. The van der Waals surface area contributed by atoms with Crippen molar-refractivity contribution in [3.63, 3.8) is 0 Å². The number of allylic oxidation sites excluding steroid dienone is 2. The van der Waals surface area contributed by atoms with E-state index >= 15 is 0 Å². The molecule has 1 radical (unpaired) electrons. The van der Waals surface area contributed by atoms with Crippen LogP contribution in [0.4, 0.5) is 0 Å². The predicted octanol–water partition coefficient (Wildman–Crippen LogP) is 9.32. The number of fused-ring (bicyclic) bond motifs is 1. The fourth-order valence-electron chi connectivity index (χ4n) is 3.80. The van der Waals surface area contributed by atoms with Gasteiger partial charge in [-0.15, -0.1) is 34.9 Å². The van der Waals surface area contributed by atoms with Crippen molar-refractivity contribution in [2.75, 3.05) is 0 Å². The third-order valence-corrected chi connectivity index (χ3v) is 6.42. The van der Waals surface area contributed by atoms with E-state index in [1.54, 1.807) is 0 Å². The van der Waals surface area contributed by atoms with Gasteiger partial charge >= 0.3 is 0 Å². The molecule has 2 aromatic carbocycles. The summed E-state index contributed by atoms with van der Waals surface area (Å²) in [6.07, 6.45) is 1.33. The third kappa shape index (κ3) is 8.89. The molecule has 3 aromatic rings. The van der Waals surface area contributed by atoms with Crippen molar-refractivity contribution < 1.29 is 30.0 Å². The number of carbonyl (C=O) groups is 1. The maximum absolute atomic E-state index is 11.5.